The van der Waals surface area contributed by atoms with Crippen LogP contribution in [-0.2, 0) is 4.79 Å². The topological polar surface area (TPSA) is 60.9 Å². The second-order valence-electron chi connectivity index (χ2n) is 4.81. The Morgan fingerprint density at radius 2 is 2.22 bits per heavy atom. The van der Waals surface area contributed by atoms with Crippen LogP contribution in [-0.4, -0.2) is 53.6 Å². The Kier molecular flexibility index (Phi) is 4.60. The Labute approximate surface area is 108 Å². The van der Waals surface area contributed by atoms with Gasteiger partial charge < -0.3 is 14.9 Å². The van der Waals surface area contributed by atoms with Crippen LogP contribution in [0.25, 0.3) is 0 Å². The zero-order chi connectivity index (χ0) is 13.8. The normalized spacial score (nSPS) is 23.3. The minimum Gasteiger partial charge on any atom is -0.481 e. The largest absolute Gasteiger partial charge is 0.481 e. The van der Waals surface area contributed by atoms with Crippen molar-refractivity contribution in [1.29, 1.82) is 0 Å². The fourth-order valence-corrected chi connectivity index (χ4v) is 2.36. The molecule has 1 aliphatic rings. The maximum absolute atomic E-state index is 12.1. The van der Waals surface area contributed by atoms with Crippen molar-refractivity contribution in [2.24, 2.45) is 5.41 Å². The van der Waals surface area contributed by atoms with Gasteiger partial charge >= 0.3 is 12.0 Å². The van der Waals surface area contributed by atoms with Crippen LogP contribution in [0.1, 0.15) is 26.2 Å². The van der Waals surface area contributed by atoms with Crippen molar-refractivity contribution in [3.05, 3.63) is 0 Å². The van der Waals surface area contributed by atoms with Crippen molar-refractivity contribution in [1.82, 2.24) is 9.80 Å². The zero-order valence-corrected chi connectivity index (χ0v) is 11.0. The van der Waals surface area contributed by atoms with E-state index in [0.717, 1.165) is 6.42 Å². The van der Waals surface area contributed by atoms with Gasteiger partial charge in [0, 0.05) is 20.1 Å². The first-order valence-corrected chi connectivity index (χ1v) is 6.13. The Hall–Kier alpha value is -1.70. The minimum atomic E-state index is -0.817. The molecule has 0 spiro atoms. The molecule has 0 saturated carbocycles. The number of likely N-dealkylation sites (tertiary alicyclic amines) is 1. The molecule has 0 bridgehead atoms. The molecule has 100 valence electrons. The second-order valence-corrected chi connectivity index (χ2v) is 4.81. The highest BCUT2D eigenvalue weighted by Crippen LogP contribution is 2.33. The summed E-state index contributed by atoms with van der Waals surface area (Å²) in [5.41, 5.74) is -0.801. The van der Waals surface area contributed by atoms with E-state index in [2.05, 4.69) is 5.92 Å². The fraction of sp³-hybridized carbons (Fsp3) is 0.692. The molecule has 0 aliphatic carbocycles. The molecule has 0 aromatic rings. The predicted molar refractivity (Wildman–Crippen MR) is 68.0 cm³/mol. The van der Waals surface area contributed by atoms with Crippen LogP contribution in [0.2, 0.25) is 0 Å². The van der Waals surface area contributed by atoms with Crippen molar-refractivity contribution < 1.29 is 14.7 Å². The smallest absolute Gasteiger partial charge is 0.320 e. The van der Waals surface area contributed by atoms with Gasteiger partial charge in [-0.05, 0) is 19.3 Å². The molecule has 1 saturated heterocycles. The number of carbonyl (C=O) groups excluding carboxylic acids is 1. The molecule has 1 fully saturated rings. The third-order valence-corrected chi connectivity index (χ3v) is 3.63. The summed E-state index contributed by atoms with van der Waals surface area (Å²) in [6.45, 7) is 2.96. The van der Waals surface area contributed by atoms with Crippen LogP contribution in [0.4, 0.5) is 4.79 Å². The zero-order valence-electron chi connectivity index (χ0n) is 11.0. The van der Waals surface area contributed by atoms with Gasteiger partial charge in [0.05, 0.1) is 12.0 Å². The molecule has 1 rings (SSSR count). The summed E-state index contributed by atoms with van der Waals surface area (Å²) in [6.07, 6.45) is 7.05. The summed E-state index contributed by atoms with van der Waals surface area (Å²) in [5, 5.41) is 9.35. The van der Waals surface area contributed by atoms with E-state index in [1.54, 1.807) is 11.9 Å². The van der Waals surface area contributed by atoms with E-state index in [1.165, 1.54) is 4.90 Å². The van der Waals surface area contributed by atoms with Gasteiger partial charge in [-0.3, -0.25) is 4.79 Å². The number of aliphatic carboxylic acids is 1. The summed E-state index contributed by atoms with van der Waals surface area (Å²) < 4.78 is 0. The summed E-state index contributed by atoms with van der Waals surface area (Å²) >= 11 is 0. The van der Waals surface area contributed by atoms with Gasteiger partial charge in [0.15, 0.2) is 0 Å². The van der Waals surface area contributed by atoms with Crippen molar-refractivity contribution >= 4 is 12.0 Å². The van der Waals surface area contributed by atoms with Gasteiger partial charge in [-0.2, -0.15) is 0 Å². The second kappa shape index (κ2) is 5.76. The maximum Gasteiger partial charge on any atom is 0.320 e. The first-order valence-electron chi connectivity index (χ1n) is 6.13. The van der Waals surface area contributed by atoms with E-state index in [1.807, 2.05) is 6.92 Å². The first kappa shape index (κ1) is 14.4. The SMILES string of the molecule is C#CCN(C)C(=O)N1CCCC(CC)(C(=O)O)C1. The maximum atomic E-state index is 12.1. The van der Waals surface area contributed by atoms with Gasteiger partial charge in [-0.25, -0.2) is 4.79 Å². The molecular weight excluding hydrogens is 232 g/mol. The molecule has 2 amide bonds. The lowest BCUT2D eigenvalue weighted by Gasteiger charge is -2.40. The lowest BCUT2D eigenvalue weighted by molar-refractivity contribution is -0.152. The van der Waals surface area contributed by atoms with E-state index in [0.29, 0.717) is 19.4 Å². The summed E-state index contributed by atoms with van der Waals surface area (Å²) in [6, 6.07) is -0.188. The number of terminal acetylenes is 1. The molecular formula is C13H20N2O3. The van der Waals surface area contributed by atoms with Gasteiger partial charge in [-0.1, -0.05) is 12.8 Å². The molecule has 5 nitrogen and oxygen atoms in total. The van der Waals surface area contributed by atoms with Gasteiger partial charge in [0.2, 0.25) is 0 Å². The molecule has 1 heterocycles. The van der Waals surface area contributed by atoms with Gasteiger partial charge in [-0.15, -0.1) is 6.42 Å². The fourth-order valence-electron chi connectivity index (χ4n) is 2.36. The van der Waals surface area contributed by atoms with E-state index in [9.17, 15) is 14.7 Å². The van der Waals surface area contributed by atoms with E-state index < -0.39 is 11.4 Å². The third kappa shape index (κ3) is 2.76. The van der Waals surface area contributed by atoms with Crippen molar-refractivity contribution in [2.75, 3.05) is 26.7 Å². The van der Waals surface area contributed by atoms with Gasteiger partial charge in [0.1, 0.15) is 0 Å². The van der Waals surface area contributed by atoms with Crippen molar-refractivity contribution in [3.63, 3.8) is 0 Å². The molecule has 1 atom stereocenters. The average Bonchev–Trinajstić information content (AvgIpc) is 2.37. The lowest BCUT2D eigenvalue weighted by Crippen LogP contribution is -2.52. The Morgan fingerprint density at radius 1 is 1.56 bits per heavy atom. The number of nitrogens with zero attached hydrogens (tertiary/aromatic N) is 2. The van der Waals surface area contributed by atoms with E-state index in [-0.39, 0.29) is 19.1 Å². The van der Waals surface area contributed by atoms with Crippen LogP contribution >= 0.6 is 0 Å². The highest BCUT2D eigenvalue weighted by Gasteiger charge is 2.42. The monoisotopic (exact) mass is 252 g/mol. The summed E-state index contributed by atoms with van der Waals surface area (Å²) in [5.74, 6) is 1.59. The molecule has 0 radical (unpaired) electrons. The number of carboxylic acids is 1. The number of piperidine rings is 1. The quantitative estimate of drug-likeness (QED) is 0.769. The van der Waals surface area contributed by atoms with Gasteiger partial charge in [0.25, 0.3) is 0 Å². The number of hydrogen-bond acceptors (Lipinski definition) is 2. The number of urea groups is 1. The van der Waals surface area contributed by atoms with E-state index in [4.69, 9.17) is 6.42 Å². The van der Waals surface area contributed by atoms with Crippen LogP contribution in [0.15, 0.2) is 0 Å². The number of carbonyl (C=O) groups is 2. The van der Waals surface area contributed by atoms with Crippen molar-refractivity contribution in [2.45, 2.75) is 26.2 Å². The predicted octanol–water partition coefficient (Wildman–Crippen LogP) is 1.25. The van der Waals surface area contributed by atoms with Crippen LogP contribution in [0.5, 0.6) is 0 Å². The Morgan fingerprint density at radius 3 is 2.72 bits per heavy atom. The molecule has 1 unspecified atom stereocenters. The first-order chi connectivity index (χ1) is 8.46. The summed E-state index contributed by atoms with van der Waals surface area (Å²) in [4.78, 5) is 26.5. The van der Waals surface area contributed by atoms with E-state index >= 15 is 0 Å². The Bertz CT molecular complexity index is 375. The number of rotatable bonds is 3. The molecule has 18 heavy (non-hydrogen) atoms. The van der Waals surface area contributed by atoms with Crippen LogP contribution in [0, 0.1) is 17.8 Å². The number of carboxylic acid groups (broad SMARTS) is 1. The minimum absolute atomic E-state index is 0.188. The third-order valence-electron chi connectivity index (χ3n) is 3.63. The molecule has 1 N–H and O–H groups in total. The van der Waals surface area contributed by atoms with Crippen LogP contribution in [0.3, 0.4) is 0 Å². The molecule has 5 heteroatoms. The lowest BCUT2D eigenvalue weighted by atomic mass is 9.78. The standard InChI is InChI=1S/C13H20N2O3/c1-4-8-14(3)12(18)15-9-6-7-13(5-2,10-15)11(16)17/h1H,5-10H2,2-3H3,(H,16,17). The van der Waals surface area contributed by atoms with Crippen molar-refractivity contribution in [3.8, 4) is 12.3 Å². The average molecular weight is 252 g/mol. The van der Waals surface area contributed by atoms with Crippen LogP contribution < -0.4 is 0 Å². The molecule has 0 aromatic heterocycles. The molecule has 0 aromatic carbocycles. The summed E-state index contributed by atoms with van der Waals surface area (Å²) in [7, 11) is 1.63. The highest BCUT2D eigenvalue weighted by atomic mass is 16.4. The Balaban J connectivity index is 2.78. The highest BCUT2D eigenvalue weighted by molar-refractivity contribution is 5.78. The number of hydrogen-bond donors (Lipinski definition) is 1. The molecule has 1 aliphatic heterocycles. The number of amides is 2.